The van der Waals surface area contributed by atoms with Gasteiger partial charge in [0.25, 0.3) is 0 Å². The van der Waals surface area contributed by atoms with Gasteiger partial charge in [-0.25, -0.2) is 0 Å². The molecule has 2 aromatic rings. The first-order valence-corrected chi connectivity index (χ1v) is 8.12. The lowest BCUT2D eigenvalue weighted by molar-refractivity contribution is -0.138. The van der Waals surface area contributed by atoms with Crippen molar-refractivity contribution in [3.8, 4) is 11.8 Å². The molecule has 10 heteroatoms. The fourth-order valence-electron chi connectivity index (χ4n) is 3.73. The van der Waals surface area contributed by atoms with E-state index in [1.165, 1.54) is 17.7 Å². The van der Waals surface area contributed by atoms with Crippen molar-refractivity contribution < 1.29 is 17.9 Å². The van der Waals surface area contributed by atoms with Gasteiger partial charge in [-0.1, -0.05) is 0 Å². The number of fused-ring (bicyclic) bond motifs is 2. The number of alkyl halides is 3. The van der Waals surface area contributed by atoms with Crippen molar-refractivity contribution in [1.82, 2.24) is 25.1 Å². The van der Waals surface area contributed by atoms with Crippen LogP contribution in [-0.4, -0.2) is 50.4 Å². The third-order valence-corrected chi connectivity index (χ3v) is 4.96. The van der Waals surface area contributed by atoms with Crippen LogP contribution in [0.15, 0.2) is 12.1 Å². The minimum atomic E-state index is -4.63. The van der Waals surface area contributed by atoms with E-state index in [0.29, 0.717) is 19.0 Å². The van der Waals surface area contributed by atoms with Crippen molar-refractivity contribution in [3.63, 3.8) is 0 Å². The summed E-state index contributed by atoms with van der Waals surface area (Å²) in [6.07, 6.45) is -3.47. The largest absolute Gasteiger partial charge is 0.418 e. The van der Waals surface area contributed by atoms with Gasteiger partial charge >= 0.3 is 6.18 Å². The molecule has 2 saturated heterocycles. The number of morpholine rings is 1. The Kier molecular flexibility index (Phi) is 3.93. The summed E-state index contributed by atoms with van der Waals surface area (Å²) in [4.78, 5) is 2.18. The summed E-state index contributed by atoms with van der Waals surface area (Å²) < 4.78 is 47.1. The number of hydrogen-bond acceptors (Lipinski definition) is 6. The quantitative estimate of drug-likeness (QED) is 0.827. The number of likely N-dealkylation sites (tertiary alicyclic amines) is 1. The Morgan fingerprint density at radius 1 is 1.38 bits per heavy atom. The minimum Gasteiger partial charge on any atom is -0.375 e. The number of aromatic nitrogens is 4. The summed E-state index contributed by atoms with van der Waals surface area (Å²) in [6.45, 7) is 3.17. The maximum atomic E-state index is 13.4. The Morgan fingerprint density at radius 3 is 2.81 bits per heavy atom. The van der Waals surface area contributed by atoms with Crippen molar-refractivity contribution in [3.05, 3.63) is 34.6 Å². The highest BCUT2D eigenvalue weighted by Crippen LogP contribution is 2.37. The molecule has 1 aromatic heterocycles. The van der Waals surface area contributed by atoms with Crippen LogP contribution in [0.4, 0.5) is 13.2 Å². The molecule has 0 N–H and O–H groups in total. The molecule has 2 fully saturated rings. The van der Waals surface area contributed by atoms with Crippen LogP contribution in [-0.2, 0) is 17.5 Å². The van der Waals surface area contributed by atoms with Crippen LogP contribution in [0.3, 0.4) is 0 Å². The number of rotatable bonds is 3. The second-order valence-corrected chi connectivity index (χ2v) is 6.52. The van der Waals surface area contributed by atoms with Gasteiger partial charge in [0.1, 0.15) is 0 Å². The smallest absolute Gasteiger partial charge is 0.375 e. The van der Waals surface area contributed by atoms with Crippen LogP contribution < -0.4 is 0 Å². The zero-order valence-electron chi connectivity index (χ0n) is 13.9. The van der Waals surface area contributed by atoms with Crippen molar-refractivity contribution in [2.75, 3.05) is 13.2 Å². The van der Waals surface area contributed by atoms with Gasteiger partial charge in [-0.15, -0.1) is 5.10 Å². The molecule has 0 radical (unpaired) electrons. The summed E-state index contributed by atoms with van der Waals surface area (Å²) in [5, 5.41) is 20.5. The van der Waals surface area contributed by atoms with Crippen molar-refractivity contribution in [2.45, 2.75) is 38.2 Å². The van der Waals surface area contributed by atoms with Gasteiger partial charge in [-0.05, 0) is 41.5 Å². The number of nitrogens with zero attached hydrogens (tertiary/aromatic N) is 6. The summed E-state index contributed by atoms with van der Waals surface area (Å²) in [6, 6.07) is 4.50. The van der Waals surface area contributed by atoms with Crippen LogP contribution >= 0.6 is 0 Å². The molecule has 136 valence electrons. The number of ether oxygens (including phenoxy) is 1. The number of nitriles is 1. The standard InChI is InChI=1S/C16H15F3N6O/c1-9-13(3-2-10(5-20)15(9)16(17,18)19)25-14(21-22-23-25)7-24-6-12-4-11(24)8-26-12/h2-3,11-12H,4,6-8H2,1H3/t11?,12-/m0/s1. The topological polar surface area (TPSA) is 79.9 Å². The Balaban J connectivity index is 1.71. The fraction of sp³-hybridized carbons (Fsp3) is 0.500. The van der Waals surface area contributed by atoms with E-state index in [0.717, 1.165) is 19.0 Å². The van der Waals surface area contributed by atoms with Crippen molar-refractivity contribution >= 4 is 0 Å². The third kappa shape index (κ3) is 2.73. The minimum absolute atomic E-state index is 0.0728. The van der Waals surface area contributed by atoms with Crippen molar-refractivity contribution in [2.24, 2.45) is 0 Å². The number of halogens is 3. The first-order valence-electron chi connectivity index (χ1n) is 8.12. The van der Waals surface area contributed by atoms with E-state index in [4.69, 9.17) is 10.00 Å². The summed E-state index contributed by atoms with van der Waals surface area (Å²) >= 11 is 0. The molecule has 7 nitrogen and oxygen atoms in total. The highest BCUT2D eigenvalue weighted by Gasteiger charge is 2.40. The maximum Gasteiger partial charge on any atom is 0.418 e. The Labute approximate surface area is 147 Å². The first kappa shape index (κ1) is 16.9. The van der Waals surface area contributed by atoms with Gasteiger partial charge in [-0.2, -0.15) is 23.1 Å². The SMILES string of the molecule is Cc1c(-n2nnnc2CN2C[C@@H]3CC2CO3)ccc(C#N)c1C(F)(F)F. The molecular formula is C16H15F3N6O. The molecule has 1 aromatic carbocycles. The van der Waals surface area contributed by atoms with Gasteiger partial charge in [0.05, 0.1) is 42.1 Å². The third-order valence-electron chi connectivity index (χ3n) is 4.96. The van der Waals surface area contributed by atoms with E-state index in [1.807, 2.05) is 0 Å². The second kappa shape index (κ2) is 6.03. The average molecular weight is 364 g/mol. The zero-order valence-corrected chi connectivity index (χ0v) is 13.9. The lowest BCUT2D eigenvalue weighted by Gasteiger charge is -2.26. The van der Waals surface area contributed by atoms with E-state index in [1.54, 1.807) is 6.07 Å². The van der Waals surface area contributed by atoms with Crippen LogP contribution in [0.5, 0.6) is 0 Å². The highest BCUT2D eigenvalue weighted by atomic mass is 19.4. The van der Waals surface area contributed by atoms with E-state index < -0.39 is 17.3 Å². The maximum absolute atomic E-state index is 13.4. The summed E-state index contributed by atoms with van der Waals surface area (Å²) in [7, 11) is 0. The van der Waals surface area contributed by atoms with Gasteiger partial charge in [0, 0.05) is 12.6 Å². The average Bonchev–Trinajstić information content (AvgIpc) is 3.30. The molecule has 0 saturated carbocycles. The van der Waals surface area contributed by atoms with Gasteiger partial charge in [0.15, 0.2) is 5.82 Å². The molecule has 2 bridgehead atoms. The van der Waals surface area contributed by atoms with Gasteiger partial charge in [-0.3, -0.25) is 4.90 Å². The molecule has 0 amide bonds. The predicted octanol–water partition coefficient (Wildman–Crippen LogP) is 1.83. The Morgan fingerprint density at radius 2 is 2.19 bits per heavy atom. The van der Waals surface area contributed by atoms with E-state index in [2.05, 4.69) is 20.4 Å². The van der Waals surface area contributed by atoms with Gasteiger partial charge < -0.3 is 4.74 Å². The lowest BCUT2D eigenvalue weighted by atomic mass is 10.0. The van der Waals surface area contributed by atoms with Gasteiger partial charge in [0.2, 0.25) is 0 Å². The molecule has 2 aliphatic heterocycles. The second-order valence-electron chi connectivity index (χ2n) is 6.52. The van der Waals surface area contributed by atoms with E-state index in [9.17, 15) is 13.2 Å². The summed E-state index contributed by atoms with van der Waals surface area (Å²) in [5.41, 5.74) is -1.22. The van der Waals surface area contributed by atoms with E-state index >= 15 is 0 Å². The molecule has 2 atom stereocenters. The number of hydrogen-bond donors (Lipinski definition) is 0. The molecular weight excluding hydrogens is 349 g/mol. The summed E-state index contributed by atoms with van der Waals surface area (Å²) in [5.74, 6) is 0.457. The highest BCUT2D eigenvalue weighted by molar-refractivity contribution is 5.54. The normalized spacial score (nSPS) is 22.7. The Hall–Kier alpha value is -2.51. The van der Waals surface area contributed by atoms with Crippen LogP contribution in [0, 0.1) is 18.3 Å². The first-order chi connectivity index (χ1) is 12.4. The fourth-order valence-corrected chi connectivity index (χ4v) is 3.73. The lowest BCUT2D eigenvalue weighted by Crippen LogP contribution is -2.37. The van der Waals surface area contributed by atoms with Crippen LogP contribution in [0.25, 0.3) is 5.69 Å². The monoisotopic (exact) mass is 364 g/mol. The molecule has 4 rings (SSSR count). The molecule has 2 aliphatic rings. The molecule has 3 heterocycles. The Bertz CT molecular complexity index is 887. The van der Waals surface area contributed by atoms with Crippen molar-refractivity contribution in [1.29, 1.82) is 5.26 Å². The molecule has 26 heavy (non-hydrogen) atoms. The van der Waals surface area contributed by atoms with E-state index in [-0.39, 0.29) is 23.4 Å². The number of benzene rings is 1. The van der Waals surface area contributed by atoms with Crippen LogP contribution in [0.1, 0.15) is 28.9 Å². The molecule has 0 aliphatic carbocycles. The molecule has 1 unspecified atom stereocenters. The molecule has 0 spiro atoms. The van der Waals surface area contributed by atoms with Crippen LogP contribution in [0.2, 0.25) is 0 Å². The number of tetrazole rings is 1. The predicted molar refractivity (Wildman–Crippen MR) is 82.2 cm³/mol. The zero-order chi connectivity index (χ0) is 18.5.